The zero-order valence-electron chi connectivity index (χ0n) is 18.0. The molecular weight excluding hydrogens is 483 g/mol. The molecule has 0 aliphatic rings. The summed E-state index contributed by atoms with van der Waals surface area (Å²) in [5, 5.41) is 4.79. The van der Waals surface area contributed by atoms with E-state index in [9.17, 15) is 14.4 Å². The van der Waals surface area contributed by atoms with Gasteiger partial charge in [-0.2, -0.15) is 5.10 Å². The Bertz CT molecular complexity index is 1260. The molecule has 0 bridgehead atoms. The molecule has 1 amide bonds. The Balaban J connectivity index is 1.76. The smallest absolute Gasteiger partial charge is 0.343 e. The predicted molar refractivity (Wildman–Crippen MR) is 127 cm³/mol. The van der Waals surface area contributed by atoms with Gasteiger partial charge in [-0.15, -0.1) is 0 Å². The minimum Gasteiger partial charge on any atom is -0.493 e. The second-order valence-electron chi connectivity index (χ2n) is 6.74. The van der Waals surface area contributed by atoms with Crippen molar-refractivity contribution in [1.29, 1.82) is 0 Å². The summed E-state index contributed by atoms with van der Waals surface area (Å²) in [5.41, 5.74) is 3.25. The van der Waals surface area contributed by atoms with Gasteiger partial charge in [-0.3, -0.25) is 9.59 Å². The molecule has 0 aromatic heterocycles. The molecule has 1 N–H and O–H groups in total. The highest BCUT2D eigenvalue weighted by atomic mass is 35.5. The van der Waals surface area contributed by atoms with Crippen LogP contribution < -0.4 is 19.6 Å². The van der Waals surface area contributed by atoms with Gasteiger partial charge in [-0.1, -0.05) is 23.2 Å². The number of nitrogens with zero attached hydrogens (tertiary/aromatic N) is 1. The molecule has 0 spiro atoms. The Morgan fingerprint density at radius 1 is 0.824 bits per heavy atom. The second kappa shape index (κ2) is 11.3. The SMILES string of the molecule is COc1cc(C(=O)Oc2ccc(Cl)cc2/C=N/NC(=O)c2ccc(Cl)cc2)ccc1OC(C)=O. The number of methoxy groups -OCH3 is 1. The van der Waals surface area contributed by atoms with Crippen molar-refractivity contribution in [3.63, 3.8) is 0 Å². The van der Waals surface area contributed by atoms with Crippen LogP contribution in [0.1, 0.15) is 33.2 Å². The van der Waals surface area contributed by atoms with Gasteiger partial charge in [0.25, 0.3) is 5.91 Å². The number of rotatable bonds is 7. The monoisotopic (exact) mass is 500 g/mol. The molecule has 0 fully saturated rings. The molecule has 3 aromatic carbocycles. The summed E-state index contributed by atoms with van der Waals surface area (Å²) in [5.74, 6) is -1.16. The Labute approximate surface area is 205 Å². The van der Waals surface area contributed by atoms with Gasteiger partial charge in [-0.25, -0.2) is 10.2 Å². The molecule has 0 atom stereocenters. The van der Waals surface area contributed by atoms with Crippen LogP contribution in [0.3, 0.4) is 0 Å². The molecule has 0 saturated carbocycles. The van der Waals surface area contributed by atoms with Crippen LogP contribution in [0.25, 0.3) is 0 Å². The predicted octanol–water partition coefficient (Wildman–Crippen LogP) is 4.91. The third-order valence-electron chi connectivity index (χ3n) is 4.30. The average molecular weight is 501 g/mol. The minimum atomic E-state index is -0.699. The molecule has 0 aliphatic heterocycles. The van der Waals surface area contributed by atoms with E-state index in [4.69, 9.17) is 37.4 Å². The molecule has 34 heavy (non-hydrogen) atoms. The Kier molecular flexibility index (Phi) is 8.24. The lowest BCUT2D eigenvalue weighted by atomic mass is 10.2. The maximum atomic E-state index is 12.7. The molecular formula is C24H18Cl2N2O6. The summed E-state index contributed by atoms with van der Waals surface area (Å²) in [6.07, 6.45) is 1.30. The van der Waals surface area contributed by atoms with Crippen LogP contribution in [-0.4, -0.2) is 31.2 Å². The molecule has 3 aromatic rings. The second-order valence-corrected chi connectivity index (χ2v) is 7.61. The van der Waals surface area contributed by atoms with Crippen LogP contribution in [0.2, 0.25) is 10.0 Å². The van der Waals surface area contributed by atoms with Crippen LogP contribution in [0.5, 0.6) is 17.2 Å². The number of amides is 1. The third kappa shape index (κ3) is 6.57. The van der Waals surface area contributed by atoms with E-state index in [0.29, 0.717) is 21.2 Å². The average Bonchev–Trinajstić information content (AvgIpc) is 2.81. The first-order chi connectivity index (χ1) is 16.3. The summed E-state index contributed by atoms with van der Waals surface area (Å²) < 4.78 is 15.7. The number of hydrogen-bond donors (Lipinski definition) is 1. The first-order valence-electron chi connectivity index (χ1n) is 9.74. The number of hydrogen-bond acceptors (Lipinski definition) is 7. The van der Waals surface area contributed by atoms with Gasteiger partial charge in [0.15, 0.2) is 11.5 Å². The largest absolute Gasteiger partial charge is 0.493 e. The van der Waals surface area contributed by atoms with Gasteiger partial charge in [-0.05, 0) is 60.7 Å². The van der Waals surface area contributed by atoms with E-state index in [-0.39, 0.29) is 22.8 Å². The van der Waals surface area contributed by atoms with E-state index in [1.165, 1.54) is 56.6 Å². The number of hydrazone groups is 1. The summed E-state index contributed by atoms with van der Waals surface area (Å²) in [4.78, 5) is 36.1. The molecule has 0 aliphatic carbocycles. The van der Waals surface area contributed by atoms with Crippen molar-refractivity contribution in [2.45, 2.75) is 6.92 Å². The Hall–Kier alpha value is -3.88. The van der Waals surface area contributed by atoms with Crippen molar-refractivity contribution in [2.75, 3.05) is 7.11 Å². The van der Waals surface area contributed by atoms with E-state index in [2.05, 4.69) is 10.5 Å². The number of carbonyl (C=O) groups is 3. The van der Waals surface area contributed by atoms with Crippen molar-refractivity contribution < 1.29 is 28.6 Å². The lowest BCUT2D eigenvalue weighted by Crippen LogP contribution is -2.17. The fourth-order valence-electron chi connectivity index (χ4n) is 2.73. The molecule has 0 radical (unpaired) electrons. The van der Waals surface area contributed by atoms with Crippen molar-refractivity contribution in [2.24, 2.45) is 5.10 Å². The van der Waals surface area contributed by atoms with Gasteiger partial charge >= 0.3 is 11.9 Å². The summed E-state index contributed by atoms with van der Waals surface area (Å²) in [7, 11) is 1.38. The first kappa shape index (κ1) is 24.8. The molecule has 174 valence electrons. The Morgan fingerprint density at radius 3 is 2.15 bits per heavy atom. The maximum absolute atomic E-state index is 12.7. The van der Waals surface area contributed by atoms with E-state index in [0.717, 1.165) is 0 Å². The molecule has 0 unspecified atom stereocenters. The van der Waals surface area contributed by atoms with Gasteiger partial charge < -0.3 is 14.2 Å². The number of benzene rings is 3. The van der Waals surface area contributed by atoms with E-state index >= 15 is 0 Å². The third-order valence-corrected chi connectivity index (χ3v) is 4.79. The zero-order chi connectivity index (χ0) is 24.7. The number of halogens is 2. The molecule has 0 heterocycles. The minimum absolute atomic E-state index is 0.154. The maximum Gasteiger partial charge on any atom is 0.343 e. The highest BCUT2D eigenvalue weighted by molar-refractivity contribution is 6.31. The number of nitrogens with one attached hydrogen (secondary N) is 1. The van der Waals surface area contributed by atoms with Crippen molar-refractivity contribution >= 4 is 47.3 Å². The highest BCUT2D eigenvalue weighted by Gasteiger charge is 2.16. The van der Waals surface area contributed by atoms with Crippen LogP contribution in [0, 0.1) is 0 Å². The molecule has 8 nitrogen and oxygen atoms in total. The van der Waals surface area contributed by atoms with Gasteiger partial charge in [0.05, 0.1) is 18.9 Å². The lowest BCUT2D eigenvalue weighted by molar-refractivity contribution is -0.132. The fourth-order valence-corrected chi connectivity index (χ4v) is 3.04. The van der Waals surface area contributed by atoms with Gasteiger partial charge in [0.2, 0.25) is 0 Å². The lowest BCUT2D eigenvalue weighted by Gasteiger charge is -2.11. The van der Waals surface area contributed by atoms with Gasteiger partial charge in [0.1, 0.15) is 5.75 Å². The quantitative estimate of drug-likeness (QED) is 0.214. The summed E-state index contributed by atoms with van der Waals surface area (Å²) >= 11 is 11.9. The van der Waals surface area contributed by atoms with Gasteiger partial charge in [0, 0.05) is 28.1 Å². The van der Waals surface area contributed by atoms with Crippen molar-refractivity contribution in [3.05, 3.63) is 87.4 Å². The fraction of sp³-hybridized carbons (Fsp3) is 0.0833. The van der Waals surface area contributed by atoms with E-state index in [1.54, 1.807) is 24.3 Å². The van der Waals surface area contributed by atoms with Crippen molar-refractivity contribution in [3.8, 4) is 17.2 Å². The number of carbonyl (C=O) groups excluding carboxylic acids is 3. The Morgan fingerprint density at radius 2 is 1.47 bits per heavy atom. The van der Waals surface area contributed by atoms with Crippen LogP contribution in [0.4, 0.5) is 0 Å². The molecule has 0 saturated heterocycles. The zero-order valence-corrected chi connectivity index (χ0v) is 19.5. The molecule has 3 rings (SSSR count). The first-order valence-corrected chi connectivity index (χ1v) is 10.5. The van der Waals surface area contributed by atoms with E-state index < -0.39 is 17.8 Å². The highest BCUT2D eigenvalue weighted by Crippen LogP contribution is 2.29. The van der Waals surface area contributed by atoms with Crippen LogP contribution >= 0.6 is 23.2 Å². The number of esters is 2. The topological polar surface area (TPSA) is 103 Å². The normalized spacial score (nSPS) is 10.6. The molecule has 10 heteroatoms. The van der Waals surface area contributed by atoms with E-state index in [1.807, 2.05) is 0 Å². The van der Waals surface area contributed by atoms with Crippen LogP contribution in [-0.2, 0) is 4.79 Å². The summed E-state index contributed by atoms with van der Waals surface area (Å²) in [6, 6.07) is 15.1. The summed E-state index contributed by atoms with van der Waals surface area (Å²) in [6.45, 7) is 1.25. The van der Waals surface area contributed by atoms with Crippen LogP contribution in [0.15, 0.2) is 65.8 Å². The number of ether oxygens (including phenoxy) is 3. The standard InChI is InChI=1S/C24H18Cl2N2O6/c1-14(29)33-21-9-5-16(12-22(21)32-2)24(31)34-20-10-8-19(26)11-17(20)13-27-28-23(30)15-3-6-18(25)7-4-15/h3-13H,1-2H3,(H,28,30)/b27-13+. The van der Waals surface area contributed by atoms with Crippen molar-refractivity contribution in [1.82, 2.24) is 5.43 Å².